The van der Waals surface area contributed by atoms with Crippen LogP contribution in [0, 0.1) is 0 Å². The van der Waals surface area contributed by atoms with Crippen LogP contribution >= 0.6 is 23.2 Å². The molecule has 1 aromatic rings. The lowest BCUT2D eigenvalue weighted by molar-refractivity contribution is 0.716. The van der Waals surface area contributed by atoms with Crippen molar-refractivity contribution in [1.29, 1.82) is 0 Å². The van der Waals surface area contributed by atoms with Crippen LogP contribution < -0.4 is 5.69 Å². The first-order chi connectivity index (χ1) is 5.65. The summed E-state index contributed by atoms with van der Waals surface area (Å²) in [6, 6.07) is 0. The summed E-state index contributed by atoms with van der Waals surface area (Å²) in [4.78, 5) is 18.0. The van der Waals surface area contributed by atoms with E-state index in [1.165, 1.54) is 6.08 Å². The number of allylic oxidation sites excluding steroid dienone is 1. The molecule has 12 heavy (non-hydrogen) atoms. The highest BCUT2D eigenvalue weighted by Gasteiger charge is 2.04. The third-order valence-corrected chi connectivity index (χ3v) is 1.60. The molecule has 0 N–H and O–H groups in total. The summed E-state index contributed by atoms with van der Waals surface area (Å²) in [5.41, 5.74) is -0.528. The van der Waals surface area contributed by atoms with Crippen molar-refractivity contribution in [3.8, 4) is 0 Å². The third kappa shape index (κ3) is 1.84. The summed E-state index contributed by atoms with van der Waals surface area (Å²) in [5.74, 6) is 0. The van der Waals surface area contributed by atoms with Gasteiger partial charge in [-0.05, 0) is 23.2 Å². The normalized spacial score (nSPS) is 9.83. The van der Waals surface area contributed by atoms with Gasteiger partial charge < -0.3 is 0 Å². The number of hydrogen-bond donors (Lipinski definition) is 0. The maximum atomic E-state index is 11.0. The molecule has 0 aliphatic carbocycles. The molecule has 1 heterocycles. The largest absolute Gasteiger partial charge is 0.352 e. The molecule has 0 aliphatic rings. The number of aromatic nitrogens is 3. The van der Waals surface area contributed by atoms with E-state index in [-0.39, 0.29) is 17.1 Å². The third-order valence-electron chi connectivity index (χ3n) is 1.14. The molecule has 0 saturated carbocycles. The van der Waals surface area contributed by atoms with Crippen molar-refractivity contribution in [3.05, 3.63) is 33.7 Å². The molecule has 6 heteroatoms. The van der Waals surface area contributed by atoms with Crippen LogP contribution in [0.3, 0.4) is 0 Å². The van der Waals surface area contributed by atoms with Gasteiger partial charge in [-0.15, -0.1) is 6.58 Å². The van der Waals surface area contributed by atoms with Gasteiger partial charge in [0.1, 0.15) is 0 Å². The van der Waals surface area contributed by atoms with Crippen LogP contribution in [-0.2, 0) is 6.54 Å². The summed E-state index contributed by atoms with van der Waals surface area (Å²) in [6.45, 7) is 3.73. The second kappa shape index (κ2) is 3.69. The second-order valence-electron chi connectivity index (χ2n) is 1.94. The minimum absolute atomic E-state index is 0.0138. The van der Waals surface area contributed by atoms with Crippen LogP contribution in [0.25, 0.3) is 0 Å². The first-order valence-corrected chi connectivity index (χ1v) is 3.81. The first kappa shape index (κ1) is 9.22. The van der Waals surface area contributed by atoms with Crippen LogP contribution in [0.15, 0.2) is 17.4 Å². The minimum atomic E-state index is -0.528. The molecule has 0 unspecified atom stereocenters. The van der Waals surface area contributed by atoms with Gasteiger partial charge >= 0.3 is 5.69 Å². The van der Waals surface area contributed by atoms with Gasteiger partial charge in [-0.2, -0.15) is 9.97 Å². The Bertz CT molecular complexity index is 360. The molecule has 0 aliphatic heterocycles. The average Bonchev–Trinajstić information content (AvgIpc) is 1.96. The van der Waals surface area contributed by atoms with Crippen molar-refractivity contribution >= 4 is 23.2 Å². The van der Waals surface area contributed by atoms with Crippen LogP contribution in [-0.4, -0.2) is 14.5 Å². The molecule has 64 valence electrons. The van der Waals surface area contributed by atoms with Crippen molar-refractivity contribution in [1.82, 2.24) is 14.5 Å². The van der Waals surface area contributed by atoms with Crippen LogP contribution in [0.1, 0.15) is 0 Å². The Morgan fingerprint density at radius 3 is 2.67 bits per heavy atom. The Kier molecular flexibility index (Phi) is 2.83. The molecule has 0 amide bonds. The van der Waals surface area contributed by atoms with Gasteiger partial charge in [0, 0.05) is 6.54 Å². The van der Waals surface area contributed by atoms with Crippen molar-refractivity contribution in [2.75, 3.05) is 0 Å². The maximum absolute atomic E-state index is 11.0. The first-order valence-electron chi connectivity index (χ1n) is 3.06. The van der Waals surface area contributed by atoms with Gasteiger partial charge in [-0.1, -0.05) is 6.08 Å². The molecule has 0 radical (unpaired) electrons. The monoisotopic (exact) mass is 205 g/mol. The molecule has 0 atom stereocenters. The van der Waals surface area contributed by atoms with Gasteiger partial charge in [0.15, 0.2) is 0 Å². The molecule has 1 rings (SSSR count). The Hall–Kier alpha value is -0.870. The van der Waals surface area contributed by atoms with Crippen molar-refractivity contribution < 1.29 is 0 Å². The second-order valence-corrected chi connectivity index (χ2v) is 2.62. The van der Waals surface area contributed by atoms with Gasteiger partial charge in [-0.25, -0.2) is 4.79 Å². The van der Waals surface area contributed by atoms with E-state index in [2.05, 4.69) is 16.5 Å². The zero-order valence-electron chi connectivity index (χ0n) is 6.00. The number of rotatable bonds is 2. The van der Waals surface area contributed by atoms with E-state index in [4.69, 9.17) is 23.2 Å². The summed E-state index contributed by atoms with van der Waals surface area (Å²) in [5, 5.41) is -0.134. The SMILES string of the molecule is C=CCn1c(Cl)nc(Cl)nc1=O. The van der Waals surface area contributed by atoms with E-state index in [9.17, 15) is 4.79 Å². The molecule has 4 nitrogen and oxygen atoms in total. The van der Waals surface area contributed by atoms with E-state index < -0.39 is 5.69 Å². The fourth-order valence-corrected chi connectivity index (χ4v) is 1.08. The van der Waals surface area contributed by atoms with E-state index in [1.54, 1.807) is 0 Å². The number of hydrogen-bond acceptors (Lipinski definition) is 3. The van der Waals surface area contributed by atoms with Crippen LogP contribution in [0.4, 0.5) is 0 Å². The Morgan fingerprint density at radius 2 is 2.17 bits per heavy atom. The van der Waals surface area contributed by atoms with Gasteiger partial charge in [0.25, 0.3) is 0 Å². The summed E-state index contributed by atoms with van der Waals surface area (Å²) in [7, 11) is 0. The lowest BCUT2D eigenvalue weighted by Crippen LogP contribution is -2.24. The topological polar surface area (TPSA) is 47.8 Å². The smallest absolute Gasteiger partial charge is 0.263 e. The minimum Gasteiger partial charge on any atom is -0.263 e. The molecule has 0 bridgehead atoms. The summed E-state index contributed by atoms with van der Waals surface area (Å²) in [6.07, 6.45) is 1.52. The molecule has 0 spiro atoms. The van der Waals surface area contributed by atoms with Crippen molar-refractivity contribution in [2.24, 2.45) is 0 Å². The predicted molar refractivity (Wildman–Crippen MR) is 46.5 cm³/mol. The van der Waals surface area contributed by atoms with Gasteiger partial charge in [0.2, 0.25) is 10.6 Å². The summed E-state index contributed by atoms with van der Waals surface area (Å²) >= 11 is 11.0. The number of halogens is 2. The lowest BCUT2D eigenvalue weighted by atomic mass is 10.6. The highest BCUT2D eigenvalue weighted by Crippen LogP contribution is 2.04. The van der Waals surface area contributed by atoms with Crippen LogP contribution in [0.5, 0.6) is 0 Å². The van der Waals surface area contributed by atoms with E-state index >= 15 is 0 Å². The van der Waals surface area contributed by atoms with Crippen molar-refractivity contribution in [2.45, 2.75) is 6.54 Å². The lowest BCUT2D eigenvalue weighted by Gasteiger charge is -2.01. The Labute approximate surface area is 78.5 Å². The van der Waals surface area contributed by atoms with E-state index in [1.807, 2.05) is 0 Å². The fourth-order valence-electron chi connectivity index (χ4n) is 0.662. The maximum Gasteiger partial charge on any atom is 0.352 e. The molecule has 0 fully saturated rings. The molecular formula is C6H5Cl2N3O. The highest BCUT2D eigenvalue weighted by atomic mass is 35.5. The summed E-state index contributed by atoms with van der Waals surface area (Å²) < 4.78 is 1.15. The zero-order valence-corrected chi connectivity index (χ0v) is 7.51. The molecule has 1 aromatic heterocycles. The van der Waals surface area contributed by atoms with Gasteiger partial charge in [-0.3, -0.25) is 4.57 Å². The van der Waals surface area contributed by atoms with E-state index in [0.717, 1.165) is 4.57 Å². The molecule has 0 aromatic carbocycles. The zero-order chi connectivity index (χ0) is 9.14. The molecule has 0 saturated heterocycles. The predicted octanol–water partition coefficient (Wildman–Crippen LogP) is 1.13. The molecular weight excluding hydrogens is 201 g/mol. The highest BCUT2D eigenvalue weighted by molar-refractivity contribution is 6.31. The van der Waals surface area contributed by atoms with Crippen molar-refractivity contribution in [3.63, 3.8) is 0 Å². The standard InChI is InChI=1S/C6H5Cl2N3O/c1-2-3-11-5(8)9-4(7)10-6(11)12/h2H,1,3H2. The Balaban J connectivity index is 3.28. The van der Waals surface area contributed by atoms with E-state index in [0.29, 0.717) is 0 Å². The Morgan fingerprint density at radius 1 is 1.50 bits per heavy atom. The quantitative estimate of drug-likeness (QED) is 0.681. The van der Waals surface area contributed by atoms with Crippen LogP contribution in [0.2, 0.25) is 10.6 Å². The average molecular weight is 206 g/mol. The number of nitrogens with zero attached hydrogens (tertiary/aromatic N) is 3. The van der Waals surface area contributed by atoms with Gasteiger partial charge in [0.05, 0.1) is 0 Å². The fraction of sp³-hybridized carbons (Fsp3) is 0.167.